The minimum atomic E-state index is -0.0988. The highest BCUT2D eigenvalue weighted by Gasteiger charge is 2.28. The molecule has 3 rings (SSSR count). The number of amides is 1. The topological polar surface area (TPSA) is 60.5 Å². The third-order valence-electron chi connectivity index (χ3n) is 3.99. The number of aromatic nitrogens is 1. The average molecular weight is 346 g/mol. The molecule has 0 radical (unpaired) electrons. The molecular weight excluding hydrogens is 324 g/mol. The minimum Gasteiger partial charge on any atom is -0.379 e. The van der Waals surface area contributed by atoms with Gasteiger partial charge in [-0.2, -0.15) is 0 Å². The summed E-state index contributed by atoms with van der Waals surface area (Å²) >= 11 is 1.68. The Balaban J connectivity index is 1.47. The molecule has 1 fully saturated rings. The molecule has 1 aliphatic rings. The Morgan fingerprint density at radius 3 is 3.12 bits per heavy atom. The van der Waals surface area contributed by atoms with Gasteiger partial charge >= 0.3 is 0 Å². The van der Waals surface area contributed by atoms with E-state index >= 15 is 0 Å². The fourth-order valence-corrected chi connectivity index (χ4v) is 3.41. The van der Waals surface area contributed by atoms with Crippen LogP contribution in [0.25, 0.3) is 0 Å². The van der Waals surface area contributed by atoms with Crippen molar-refractivity contribution in [3.63, 3.8) is 0 Å². The molecule has 2 aromatic rings. The quantitative estimate of drug-likeness (QED) is 0.837. The summed E-state index contributed by atoms with van der Waals surface area (Å²) in [6.07, 6.45) is 3.77. The van der Waals surface area contributed by atoms with E-state index in [-0.39, 0.29) is 18.1 Å². The molecule has 0 unspecified atom stereocenters. The van der Waals surface area contributed by atoms with Crippen LogP contribution < -0.4 is 5.32 Å². The molecule has 0 aromatic carbocycles. The van der Waals surface area contributed by atoms with Gasteiger partial charge in [0, 0.05) is 24.1 Å². The maximum absolute atomic E-state index is 12.2. The van der Waals surface area contributed by atoms with E-state index < -0.39 is 0 Å². The molecule has 24 heavy (non-hydrogen) atoms. The van der Waals surface area contributed by atoms with E-state index in [1.54, 1.807) is 17.5 Å². The number of nitrogens with one attached hydrogen (secondary N) is 1. The van der Waals surface area contributed by atoms with Crippen molar-refractivity contribution in [2.45, 2.75) is 38.0 Å². The summed E-state index contributed by atoms with van der Waals surface area (Å²) in [5.74, 6) is 0.0466. The Labute approximate surface area is 146 Å². The highest BCUT2D eigenvalue weighted by molar-refractivity contribution is 7.09. The van der Waals surface area contributed by atoms with Gasteiger partial charge in [-0.3, -0.25) is 9.78 Å². The molecule has 5 nitrogen and oxygen atoms in total. The van der Waals surface area contributed by atoms with E-state index in [2.05, 4.69) is 16.4 Å². The van der Waals surface area contributed by atoms with Gasteiger partial charge in [0.25, 0.3) is 0 Å². The number of hydrogen-bond donors (Lipinski definition) is 1. The van der Waals surface area contributed by atoms with Gasteiger partial charge in [-0.15, -0.1) is 11.3 Å². The number of rotatable bonds is 7. The van der Waals surface area contributed by atoms with Crippen molar-refractivity contribution in [3.05, 3.63) is 52.5 Å². The van der Waals surface area contributed by atoms with Gasteiger partial charge in [-0.1, -0.05) is 12.1 Å². The largest absolute Gasteiger partial charge is 0.379 e. The van der Waals surface area contributed by atoms with E-state index in [0.717, 1.165) is 18.5 Å². The fraction of sp³-hybridized carbons (Fsp3) is 0.444. The van der Waals surface area contributed by atoms with E-state index in [9.17, 15) is 4.79 Å². The molecule has 0 aliphatic carbocycles. The smallest absolute Gasteiger partial charge is 0.220 e. The maximum atomic E-state index is 12.2. The zero-order chi connectivity index (χ0) is 16.6. The van der Waals surface area contributed by atoms with Crippen LogP contribution in [0, 0.1) is 0 Å². The Morgan fingerprint density at radius 1 is 1.38 bits per heavy atom. The minimum absolute atomic E-state index is 0.0357. The van der Waals surface area contributed by atoms with Gasteiger partial charge in [-0.25, -0.2) is 0 Å². The van der Waals surface area contributed by atoms with Crippen LogP contribution in [0.4, 0.5) is 0 Å². The molecule has 6 heteroatoms. The number of hydrogen-bond acceptors (Lipinski definition) is 5. The van der Waals surface area contributed by atoms with Gasteiger partial charge < -0.3 is 14.8 Å². The summed E-state index contributed by atoms with van der Waals surface area (Å²) in [6, 6.07) is 9.73. The molecular formula is C18H22N2O3S. The first-order chi connectivity index (χ1) is 11.8. The van der Waals surface area contributed by atoms with Gasteiger partial charge in [0.15, 0.2) is 0 Å². The highest BCUT2D eigenvalue weighted by atomic mass is 32.1. The van der Waals surface area contributed by atoms with Gasteiger partial charge in [-0.05, 0) is 36.4 Å². The Kier molecular flexibility index (Phi) is 6.34. The lowest BCUT2D eigenvalue weighted by molar-refractivity contribution is -0.126. The first-order valence-corrected chi connectivity index (χ1v) is 9.10. The predicted octanol–water partition coefficient (Wildman–Crippen LogP) is 2.57. The van der Waals surface area contributed by atoms with Crippen molar-refractivity contribution in [3.8, 4) is 0 Å². The number of carbonyl (C=O) groups is 1. The molecule has 0 saturated carbocycles. The Bertz CT molecular complexity index is 618. The number of thiophene rings is 1. The molecule has 0 spiro atoms. The third kappa shape index (κ3) is 5.12. The molecule has 1 amide bonds. The summed E-state index contributed by atoms with van der Waals surface area (Å²) in [5, 5.41) is 5.09. The normalized spacial score (nSPS) is 20.7. The molecule has 128 valence electrons. The Morgan fingerprint density at radius 2 is 2.33 bits per heavy atom. The lowest BCUT2D eigenvalue weighted by atomic mass is 10.1. The van der Waals surface area contributed by atoms with Crippen LogP contribution in [0.2, 0.25) is 0 Å². The second kappa shape index (κ2) is 8.92. The van der Waals surface area contributed by atoms with Gasteiger partial charge in [0.05, 0.1) is 31.1 Å². The number of pyridine rings is 1. The van der Waals surface area contributed by atoms with Crippen molar-refractivity contribution in [1.82, 2.24) is 10.3 Å². The summed E-state index contributed by atoms with van der Waals surface area (Å²) in [6.45, 7) is 1.61. The lowest BCUT2D eigenvalue weighted by Crippen LogP contribution is -2.50. The van der Waals surface area contributed by atoms with E-state index in [0.29, 0.717) is 26.2 Å². The summed E-state index contributed by atoms with van der Waals surface area (Å²) < 4.78 is 11.5. The number of aryl methyl sites for hydroxylation is 1. The summed E-state index contributed by atoms with van der Waals surface area (Å²) in [5.41, 5.74) is 0.895. The molecule has 2 aromatic heterocycles. The molecule has 0 bridgehead atoms. The van der Waals surface area contributed by atoms with Crippen LogP contribution >= 0.6 is 11.3 Å². The highest BCUT2D eigenvalue weighted by Crippen LogP contribution is 2.15. The molecule has 1 saturated heterocycles. The van der Waals surface area contributed by atoms with Crippen molar-refractivity contribution < 1.29 is 14.3 Å². The lowest BCUT2D eigenvalue weighted by Gasteiger charge is -2.32. The first-order valence-electron chi connectivity index (χ1n) is 8.22. The van der Waals surface area contributed by atoms with Crippen molar-refractivity contribution in [2.75, 3.05) is 13.2 Å². The van der Waals surface area contributed by atoms with E-state index in [1.807, 2.05) is 29.6 Å². The average Bonchev–Trinajstić information content (AvgIpc) is 3.14. The molecule has 1 aliphatic heterocycles. The molecule has 1 N–H and O–H groups in total. The van der Waals surface area contributed by atoms with E-state index in [4.69, 9.17) is 9.47 Å². The van der Waals surface area contributed by atoms with Crippen LogP contribution in [-0.2, 0) is 27.3 Å². The van der Waals surface area contributed by atoms with Crippen LogP contribution in [0.5, 0.6) is 0 Å². The second-order valence-electron chi connectivity index (χ2n) is 5.79. The monoisotopic (exact) mass is 346 g/mol. The molecule has 2 atom stereocenters. The summed E-state index contributed by atoms with van der Waals surface area (Å²) in [7, 11) is 0. The fourth-order valence-electron chi connectivity index (χ4n) is 2.70. The SMILES string of the molecule is O=C(CCc1cccs1)N[C@@H]1COCC[C@H]1OCc1ccccn1. The van der Waals surface area contributed by atoms with E-state index in [1.165, 1.54) is 4.88 Å². The van der Waals surface area contributed by atoms with Crippen molar-refractivity contribution in [1.29, 1.82) is 0 Å². The third-order valence-corrected chi connectivity index (χ3v) is 4.93. The maximum Gasteiger partial charge on any atom is 0.220 e. The zero-order valence-corrected chi connectivity index (χ0v) is 14.3. The van der Waals surface area contributed by atoms with Crippen LogP contribution in [0.1, 0.15) is 23.4 Å². The molecule has 3 heterocycles. The van der Waals surface area contributed by atoms with Crippen LogP contribution in [0.3, 0.4) is 0 Å². The summed E-state index contributed by atoms with van der Waals surface area (Å²) in [4.78, 5) is 17.7. The van der Waals surface area contributed by atoms with Gasteiger partial charge in [0.1, 0.15) is 0 Å². The Hall–Kier alpha value is -1.76. The van der Waals surface area contributed by atoms with Crippen LogP contribution in [0.15, 0.2) is 41.9 Å². The van der Waals surface area contributed by atoms with Crippen molar-refractivity contribution in [2.24, 2.45) is 0 Å². The number of nitrogens with zero attached hydrogens (tertiary/aromatic N) is 1. The standard InChI is InChI=1S/C18H22N2O3S/c21-18(7-6-15-5-3-11-24-15)20-16-13-22-10-8-17(16)23-12-14-4-1-2-9-19-14/h1-5,9,11,16-17H,6-8,10,12-13H2,(H,20,21)/t16-,17-/m1/s1. The first kappa shape index (κ1) is 17.1. The predicted molar refractivity (Wildman–Crippen MR) is 92.8 cm³/mol. The van der Waals surface area contributed by atoms with Crippen LogP contribution in [-0.4, -0.2) is 36.3 Å². The number of ether oxygens (including phenoxy) is 2. The zero-order valence-electron chi connectivity index (χ0n) is 13.5. The van der Waals surface area contributed by atoms with Gasteiger partial charge in [0.2, 0.25) is 5.91 Å². The van der Waals surface area contributed by atoms with Crippen molar-refractivity contribution >= 4 is 17.2 Å². The second-order valence-corrected chi connectivity index (χ2v) is 6.82. The number of carbonyl (C=O) groups excluding carboxylic acids is 1.